The number of nitrogens with zero attached hydrogens (tertiary/aromatic N) is 1. The van der Waals surface area contributed by atoms with Gasteiger partial charge in [0.05, 0.1) is 18.7 Å². The third-order valence-electron chi connectivity index (χ3n) is 2.50. The minimum absolute atomic E-state index is 0.0253. The monoisotopic (exact) mass is 218 g/mol. The lowest BCUT2D eigenvalue weighted by Crippen LogP contribution is -2.10. The maximum atomic E-state index is 8.38. The zero-order valence-corrected chi connectivity index (χ0v) is 8.98. The molecule has 1 unspecified atom stereocenters. The summed E-state index contributed by atoms with van der Waals surface area (Å²) < 4.78 is 10.9. The average molecular weight is 218 g/mol. The normalized spacial score (nSPS) is 17.4. The first-order chi connectivity index (χ1) is 7.81. The Hall–Kier alpha value is -1.73. The summed E-state index contributed by atoms with van der Waals surface area (Å²) in [6.45, 7) is 1.09. The van der Waals surface area contributed by atoms with Crippen LogP contribution in [-0.2, 0) is 0 Å². The predicted octanol–water partition coefficient (Wildman–Crippen LogP) is 1.76. The molecule has 1 aliphatic heterocycles. The molecule has 1 aromatic rings. The van der Waals surface area contributed by atoms with Crippen LogP contribution in [0.3, 0.4) is 0 Å². The van der Waals surface area contributed by atoms with E-state index >= 15 is 0 Å². The van der Waals surface area contributed by atoms with Gasteiger partial charge in [0, 0.05) is 18.1 Å². The quantitative estimate of drug-likeness (QED) is 0.782. The van der Waals surface area contributed by atoms with Crippen LogP contribution in [0.15, 0.2) is 18.2 Å². The Labute approximate surface area is 94.6 Å². The third kappa shape index (κ3) is 2.26. The van der Waals surface area contributed by atoms with E-state index < -0.39 is 0 Å². The number of ether oxygens (including phenoxy) is 2. The summed E-state index contributed by atoms with van der Waals surface area (Å²) in [5.41, 5.74) is 6.87. The fourth-order valence-electron chi connectivity index (χ4n) is 1.65. The molecule has 0 spiro atoms. The summed E-state index contributed by atoms with van der Waals surface area (Å²) in [6.07, 6.45) is 1.26. The topological polar surface area (TPSA) is 68.3 Å². The van der Waals surface area contributed by atoms with E-state index in [1.165, 1.54) is 0 Å². The Balaban J connectivity index is 1.95. The van der Waals surface area contributed by atoms with Crippen molar-refractivity contribution in [2.45, 2.75) is 18.9 Å². The average Bonchev–Trinajstić information content (AvgIpc) is 2.66. The first-order valence-corrected chi connectivity index (χ1v) is 5.33. The van der Waals surface area contributed by atoms with Gasteiger partial charge in [-0.3, -0.25) is 0 Å². The van der Waals surface area contributed by atoms with E-state index in [4.69, 9.17) is 20.5 Å². The van der Waals surface area contributed by atoms with Gasteiger partial charge in [0.1, 0.15) is 18.1 Å². The summed E-state index contributed by atoms with van der Waals surface area (Å²) in [5, 5.41) is 8.38. The molecule has 1 heterocycles. The molecule has 1 aliphatic rings. The molecule has 0 saturated heterocycles. The minimum Gasteiger partial charge on any atom is -0.493 e. The van der Waals surface area contributed by atoms with Crippen LogP contribution in [0.4, 0.5) is 0 Å². The number of benzene rings is 1. The second-order valence-corrected chi connectivity index (χ2v) is 3.73. The van der Waals surface area contributed by atoms with Gasteiger partial charge in [-0.2, -0.15) is 5.26 Å². The molecular formula is C12H14N2O2. The van der Waals surface area contributed by atoms with Crippen molar-refractivity contribution in [1.29, 1.82) is 5.26 Å². The van der Waals surface area contributed by atoms with Crippen molar-refractivity contribution in [3.05, 3.63) is 23.8 Å². The number of hydrogen-bond acceptors (Lipinski definition) is 4. The van der Waals surface area contributed by atoms with Gasteiger partial charge in [0.15, 0.2) is 0 Å². The molecule has 4 nitrogen and oxygen atoms in total. The van der Waals surface area contributed by atoms with Crippen LogP contribution in [0.2, 0.25) is 0 Å². The van der Waals surface area contributed by atoms with Crippen molar-refractivity contribution in [2.75, 3.05) is 13.2 Å². The second-order valence-electron chi connectivity index (χ2n) is 3.73. The highest BCUT2D eigenvalue weighted by molar-refractivity contribution is 5.44. The summed E-state index contributed by atoms with van der Waals surface area (Å²) in [5.74, 6) is 1.58. The van der Waals surface area contributed by atoms with Gasteiger partial charge >= 0.3 is 0 Å². The molecule has 1 aromatic carbocycles. The predicted molar refractivity (Wildman–Crippen MR) is 59.2 cm³/mol. The molecule has 0 amide bonds. The van der Waals surface area contributed by atoms with Gasteiger partial charge in [-0.05, 0) is 18.6 Å². The second kappa shape index (κ2) is 4.86. The zero-order valence-electron chi connectivity index (χ0n) is 8.98. The molecule has 16 heavy (non-hydrogen) atoms. The van der Waals surface area contributed by atoms with Gasteiger partial charge in [-0.1, -0.05) is 0 Å². The van der Waals surface area contributed by atoms with Crippen molar-refractivity contribution in [1.82, 2.24) is 0 Å². The Morgan fingerprint density at radius 2 is 2.44 bits per heavy atom. The number of unbranched alkanes of at least 4 members (excludes halogenated alkanes) is 1. The molecule has 0 aliphatic carbocycles. The van der Waals surface area contributed by atoms with Crippen molar-refractivity contribution < 1.29 is 9.47 Å². The first-order valence-electron chi connectivity index (χ1n) is 5.33. The van der Waals surface area contributed by atoms with Gasteiger partial charge in [0.25, 0.3) is 0 Å². The lowest BCUT2D eigenvalue weighted by molar-refractivity contribution is 0.306. The molecule has 2 N–H and O–H groups in total. The number of fused-ring (bicyclic) bond motifs is 1. The van der Waals surface area contributed by atoms with Gasteiger partial charge < -0.3 is 15.2 Å². The highest BCUT2D eigenvalue weighted by atomic mass is 16.5. The van der Waals surface area contributed by atoms with Gasteiger partial charge in [-0.15, -0.1) is 0 Å². The van der Waals surface area contributed by atoms with Crippen molar-refractivity contribution in [3.63, 3.8) is 0 Å². The number of nitrogens with two attached hydrogens (primary N) is 1. The van der Waals surface area contributed by atoms with Crippen LogP contribution in [-0.4, -0.2) is 13.2 Å². The van der Waals surface area contributed by atoms with Crippen molar-refractivity contribution >= 4 is 0 Å². The number of rotatable bonds is 4. The SMILES string of the molecule is N#CCCCOc1ccc2c(c1)OCC2N. The van der Waals surface area contributed by atoms with Crippen LogP contribution >= 0.6 is 0 Å². The lowest BCUT2D eigenvalue weighted by atomic mass is 10.1. The fraction of sp³-hybridized carbons (Fsp3) is 0.417. The van der Waals surface area contributed by atoms with E-state index in [2.05, 4.69) is 6.07 Å². The molecule has 1 atom stereocenters. The molecule has 2 rings (SSSR count). The van der Waals surface area contributed by atoms with Gasteiger partial charge in [0.2, 0.25) is 0 Å². The number of hydrogen-bond donors (Lipinski definition) is 1. The molecule has 84 valence electrons. The Bertz CT molecular complexity index is 412. The smallest absolute Gasteiger partial charge is 0.127 e. The Kier molecular flexibility index (Phi) is 3.28. The van der Waals surface area contributed by atoms with Crippen LogP contribution in [0.25, 0.3) is 0 Å². The maximum absolute atomic E-state index is 8.38. The molecule has 0 saturated carbocycles. The summed E-state index contributed by atoms with van der Waals surface area (Å²) in [6, 6.07) is 7.74. The van der Waals surface area contributed by atoms with E-state index in [1.807, 2.05) is 18.2 Å². The van der Waals surface area contributed by atoms with Gasteiger partial charge in [-0.25, -0.2) is 0 Å². The molecule has 4 heteroatoms. The van der Waals surface area contributed by atoms with Crippen LogP contribution in [0.1, 0.15) is 24.4 Å². The van der Waals surface area contributed by atoms with E-state index in [9.17, 15) is 0 Å². The van der Waals surface area contributed by atoms with E-state index in [0.29, 0.717) is 19.6 Å². The van der Waals surface area contributed by atoms with Crippen LogP contribution in [0, 0.1) is 11.3 Å². The minimum atomic E-state index is -0.0253. The number of nitriles is 1. The summed E-state index contributed by atoms with van der Waals surface area (Å²) >= 11 is 0. The van der Waals surface area contributed by atoms with E-state index in [1.54, 1.807) is 0 Å². The van der Waals surface area contributed by atoms with E-state index in [-0.39, 0.29) is 6.04 Å². The maximum Gasteiger partial charge on any atom is 0.127 e. The Morgan fingerprint density at radius 1 is 1.56 bits per heavy atom. The molecular weight excluding hydrogens is 204 g/mol. The van der Waals surface area contributed by atoms with Crippen LogP contribution < -0.4 is 15.2 Å². The highest BCUT2D eigenvalue weighted by Gasteiger charge is 2.20. The fourth-order valence-corrected chi connectivity index (χ4v) is 1.65. The summed E-state index contributed by atoms with van der Waals surface area (Å²) in [4.78, 5) is 0. The highest BCUT2D eigenvalue weighted by Crippen LogP contribution is 2.33. The molecule has 0 aromatic heterocycles. The standard InChI is InChI=1S/C12H14N2O2/c13-5-1-2-6-15-9-3-4-10-11(14)8-16-12(10)7-9/h3-4,7,11H,1-2,6,8,14H2. The van der Waals surface area contributed by atoms with E-state index in [0.717, 1.165) is 23.5 Å². The molecule has 0 bridgehead atoms. The molecule has 0 fully saturated rings. The summed E-state index contributed by atoms with van der Waals surface area (Å²) in [7, 11) is 0. The third-order valence-corrected chi connectivity index (χ3v) is 2.50. The first kappa shape index (κ1) is 10.8. The Morgan fingerprint density at radius 3 is 3.25 bits per heavy atom. The van der Waals surface area contributed by atoms with Crippen molar-refractivity contribution in [3.8, 4) is 17.6 Å². The van der Waals surface area contributed by atoms with Crippen LogP contribution in [0.5, 0.6) is 11.5 Å². The molecule has 0 radical (unpaired) electrons. The van der Waals surface area contributed by atoms with Crippen molar-refractivity contribution in [2.24, 2.45) is 5.73 Å². The zero-order chi connectivity index (χ0) is 11.4. The lowest BCUT2D eigenvalue weighted by Gasteiger charge is -2.06. The largest absolute Gasteiger partial charge is 0.493 e.